The molecule has 33 heavy (non-hydrogen) atoms. The summed E-state index contributed by atoms with van der Waals surface area (Å²) in [6.07, 6.45) is 0.996. The van der Waals surface area contributed by atoms with Gasteiger partial charge in [-0.1, -0.05) is 6.07 Å². The maximum atomic E-state index is 5.72. The molecule has 3 rings (SSSR count). The first-order valence-corrected chi connectivity index (χ1v) is 10.9. The van der Waals surface area contributed by atoms with Gasteiger partial charge in [0, 0.05) is 25.9 Å². The lowest BCUT2D eigenvalue weighted by Crippen LogP contribution is -2.32. The van der Waals surface area contributed by atoms with Crippen LogP contribution in [0.5, 0.6) is 17.2 Å². The molecule has 0 aromatic heterocycles. The SMILES string of the molecule is COCCOCCCNC(=NCc1ccc2c(c1)OCO2)Nc1ccc(OC(C)C)cc1.I. The lowest BCUT2D eigenvalue weighted by molar-refractivity contribution is 0.0699. The van der Waals surface area contributed by atoms with Gasteiger partial charge in [0.1, 0.15) is 5.75 Å². The average Bonchev–Trinajstić information content (AvgIpc) is 3.25. The van der Waals surface area contributed by atoms with E-state index in [0.29, 0.717) is 32.3 Å². The summed E-state index contributed by atoms with van der Waals surface area (Å²) in [5.41, 5.74) is 1.97. The summed E-state index contributed by atoms with van der Waals surface area (Å²) >= 11 is 0. The van der Waals surface area contributed by atoms with E-state index in [0.717, 1.165) is 41.5 Å². The topological polar surface area (TPSA) is 82.6 Å². The quantitative estimate of drug-likeness (QED) is 0.169. The number of hydrogen-bond acceptors (Lipinski definition) is 6. The van der Waals surface area contributed by atoms with Crippen LogP contribution in [0.25, 0.3) is 0 Å². The van der Waals surface area contributed by atoms with E-state index in [9.17, 15) is 0 Å². The Balaban J connectivity index is 0.00000385. The third-order valence-electron chi connectivity index (χ3n) is 4.54. The first-order valence-electron chi connectivity index (χ1n) is 10.9. The number of nitrogens with one attached hydrogen (secondary N) is 2. The number of rotatable bonds is 12. The highest BCUT2D eigenvalue weighted by molar-refractivity contribution is 14.0. The molecule has 2 N–H and O–H groups in total. The second-order valence-electron chi connectivity index (χ2n) is 7.55. The Morgan fingerprint density at radius 1 is 1.03 bits per heavy atom. The molecule has 8 nitrogen and oxygen atoms in total. The minimum atomic E-state index is 0. The summed E-state index contributed by atoms with van der Waals surface area (Å²) in [7, 11) is 1.67. The van der Waals surface area contributed by atoms with E-state index >= 15 is 0 Å². The van der Waals surface area contributed by atoms with Crippen LogP contribution >= 0.6 is 24.0 Å². The van der Waals surface area contributed by atoms with Gasteiger partial charge in [-0.3, -0.25) is 0 Å². The Labute approximate surface area is 213 Å². The van der Waals surface area contributed by atoms with Crippen molar-refractivity contribution >= 4 is 35.6 Å². The van der Waals surface area contributed by atoms with Gasteiger partial charge in [-0.2, -0.15) is 0 Å². The van der Waals surface area contributed by atoms with Gasteiger partial charge in [0.2, 0.25) is 6.79 Å². The highest BCUT2D eigenvalue weighted by Crippen LogP contribution is 2.32. The largest absolute Gasteiger partial charge is 0.491 e. The number of anilines is 1. The van der Waals surface area contributed by atoms with Gasteiger partial charge in [-0.15, -0.1) is 24.0 Å². The van der Waals surface area contributed by atoms with Gasteiger partial charge in [-0.05, 0) is 62.2 Å². The van der Waals surface area contributed by atoms with Crippen molar-refractivity contribution in [3.8, 4) is 17.2 Å². The first-order chi connectivity index (χ1) is 15.6. The van der Waals surface area contributed by atoms with Crippen molar-refractivity contribution in [2.75, 3.05) is 45.6 Å². The zero-order chi connectivity index (χ0) is 22.6. The van der Waals surface area contributed by atoms with E-state index in [1.807, 2.05) is 56.3 Å². The van der Waals surface area contributed by atoms with E-state index in [1.54, 1.807) is 7.11 Å². The van der Waals surface area contributed by atoms with E-state index in [-0.39, 0.29) is 36.9 Å². The number of nitrogens with zero attached hydrogens (tertiary/aromatic N) is 1. The second-order valence-corrected chi connectivity index (χ2v) is 7.55. The van der Waals surface area contributed by atoms with Gasteiger partial charge in [-0.25, -0.2) is 4.99 Å². The monoisotopic (exact) mass is 571 g/mol. The standard InChI is InChI=1S/C24H33N3O5.HI/c1-18(2)32-21-8-6-20(7-9-21)27-24(25-11-4-12-29-14-13-28-3)26-16-19-5-10-22-23(15-19)31-17-30-22;/h5-10,15,18H,4,11-14,16-17H2,1-3H3,(H2,25,26,27);1H. The zero-order valence-corrected chi connectivity index (χ0v) is 21.8. The van der Waals surface area contributed by atoms with Crippen LogP contribution < -0.4 is 24.8 Å². The number of halogens is 1. The summed E-state index contributed by atoms with van der Waals surface area (Å²) in [6.45, 7) is 7.38. The molecule has 0 amide bonds. The van der Waals surface area contributed by atoms with Crippen molar-refractivity contribution in [1.82, 2.24) is 5.32 Å². The van der Waals surface area contributed by atoms with Crippen LogP contribution in [0.2, 0.25) is 0 Å². The molecular weight excluding hydrogens is 537 g/mol. The van der Waals surface area contributed by atoms with Crippen molar-refractivity contribution in [1.29, 1.82) is 0 Å². The Hall–Kier alpha value is -2.24. The number of aliphatic imine (C=N–C) groups is 1. The molecular formula is C24H34IN3O5. The Morgan fingerprint density at radius 3 is 2.58 bits per heavy atom. The van der Waals surface area contributed by atoms with Gasteiger partial charge in [0.25, 0.3) is 0 Å². The fraction of sp³-hybridized carbons (Fsp3) is 0.458. The molecule has 0 spiro atoms. The maximum Gasteiger partial charge on any atom is 0.231 e. The molecule has 0 bridgehead atoms. The molecule has 182 valence electrons. The average molecular weight is 571 g/mol. The van der Waals surface area contributed by atoms with Gasteiger partial charge < -0.3 is 34.3 Å². The predicted molar refractivity (Wildman–Crippen MR) is 140 cm³/mol. The van der Waals surface area contributed by atoms with Crippen LogP contribution in [0.15, 0.2) is 47.5 Å². The van der Waals surface area contributed by atoms with Crippen molar-refractivity contribution in [3.63, 3.8) is 0 Å². The number of fused-ring (bicyclic) bond motifs is 1. The van der Waals surface area contributed by atoms with Gasteiger partial charge in [0.15, 0.2) is 17.5 Å². The van der Waals surface area contributed by atoms with Crippen LogP contribution in [0.4, 0.5) is 5.69 Å². The zero-order valence-electron chi connectivity index (χ0n) is 19.5. The minimum Gasteiger partial charge on any atom is -0.491 e. The van der Waals surface area contributed by atoms with Crippen LogP contribution in [0, 0.1) is 0 Å². The molecule has 2 aromatic rings. The van der Waals surface area contributed by atoms with Crippen LogP contribution in [0.1, 0.15) is 25.8 Å². The summed E-state index contributed by atoms with van der Waals surface area (Å²) < 4.78 is 27.1. The molecule has 0 atom stereocenters. The Kier molecular flexibility index (Phi) is 12.1. The maximum absolute atomic E-state index is 5.72. The van der Waals surface area contributed by atoms with Crippen LogP contribution in [0.3, 0.4) is 0 Å². The Morgan fingerprint density at radius 2 is 1.82 bits per heavy atom. The van der Waals surface area contributed by atoms with E-state index in [2.05, 4.69) is 10.6 Å². The molecule has 0 saturated carbocycles. The molecule has 0 aliphatic carbocycles. The first kappa shape index (κ1) is 27.0. The normalized spacial score (nSPS) is 12.4. The lowest BCUT2D eigenvalue weighted by atomic mass is 10.2. The molecule has 1 aliphatic heterocycles. The minimum absolute atomic E-state index is 0. The molecule has 9 heteroatoms. The Bertz CT molecular complexity index is 862. The van der Waals surface area contributed by atoms with Crippen LogP contribution in [-0.2, 0) is 16.0 Å². The summed E-state index contributed by atoms with van der Waals surface area (Å²) in [5, 5.41) is 6.73. The van der Waals surface area contributed by atoms with E-state index in [1.165, 1.54) is 0 Å². The van der Waals surface area contributed by atoms with Crippen molar-refractivity contribution < 1.29 is 23.7 Å². The highest BCUT2D eigenvalue weighted by atomic mass is 127. The summed E-state index contributed by atoms with van der Waals surface area (Å²) in [6, 6.07) is 13.7. The number of benzene rings is 2. The molecule has 0 unspecified atom stereocenters. The molecule has 0 saturated heterocycles. The fourth-order valence-corrected chi connectivity index (χ4v) is 3.00. The third kappa shape index (κ3) is 9.65. The number of hydrogen-bond donors (Lipinski definition) is 2. The predicted octanol–water partition coefficient (Wildman–Crippen LogP) is 4.43. The second kappa shape index (κ2) is 14.8. The van der Waals surface area contributed by atoms with Crippen molar-refractivity contribution in [3.05, 3.63) is 48.0 Å². The van der Waals surface area contributed by atoms with Crippen molar-refractivity contribution in [2.24, 2.45) is 4.99 Å². The van der Waals surface area contributed by atoms with Crippen LogP contribution in [-0.4, -0.2) is 52.3 Å². The van der Waals surface area contributed by atoms with E-state index < -0.39 is 0 Å². The van der Waals surface area contributed by atoms with Gasteiger partial charge >= 0.3 is 0 Å². The third-order valence-corrected chi connectivity index (χ3v) is 4.54. The molecule has 0 fully saturated rings. The lowest BCUT2D eigenvalue weighted by Gasteiger charge is -2.14. The number of ether oxygens (including phenoxy) is 5. The number of methoxy groups -OCH3 is 1. The summed E-state index contributed by atoms with van der Waals surface area (Å²) in [5.74, 6) is 3.06. The van der Waals surface area contributed by atoms with Gasteiger partial charge in [0.05, 0.1) is 25.9 Å². The molecule has 1 aliphatic rings. The highest BCUT2D eigenvalue weighted by Gasteiger charge is 2.13. The molecule has 0 radical (unpaired) electrons. The summed E-state index contributed by atoms with van der Waals surface area (Å²) in [4.78, 5) is 4.74. The van der Waals surface area contributed by atoms with Crippen molar-refractivity contribution in [2.45, 2.75) is 32.9 Å². The smallest absolute Gasteiger partial charge is 0.231 e. The number of guanidine groups is 1. The fourth-order valence-electron chi connectivity index (χ4n) is 3.00. The van der Waals surface area contributed by atoms with E-state index in [4.69, 9.17) is 28.7 Å². The molecule has 2 aromatic carbocycles. The molecule has 1 heterocycles.